The molecule has 132 valence electrons. The molecule has 2 aromatic carbocycles. The number of anilines is 2. The second-order valence-corrected chi connectivity index (χ2v) is 6.51. The van der Waals surface area contributed by atoms with Crippen LogP contribution in [0.25, 0.3) is 10.9 Å². The summed E-state index contributed by atoms with van der Waals surface area (Å²) in [6.07, 6.45) is 2.24. The fraction of sp³-hybridized carbons (Fsp3) is 0.200. The molecule has 0 radical (unpaired) electrons. The summed E-state index contributed by atoms with van der Waals surface area (Å²) in [6, 6.07) is 14.7. The van der Waals surface area contributed by atoms with Gasteiger partial charge in [-0.15, -0.1) is 0 Å². The van der Waals surface area contributed by atoms with Crippen LogP contribution in [0.5, 0.6) is 0 Å². The van der Waals surface area contributed by atoms with Crippen LogP contribution in [-0.2, 0) is 0 Å². The second-order valence-electron chi connectivity index (χ2n) is 6.51. The van der Waals surface area contributed by atoms with E-state index >= 15 is 0 Å². The van der Waals surface area contributed by atoms with Gasteiger partial charge in [0, 0.05) is 29.6 Å². The number of nitrogens with one attached hydrogen (secondary N) is 2. The highest BCUT2D eigenvalue weighted by atomic mass is 16.2. The average molecular weight is 348 g/mol. The summed E-state index contributed by atoms with van der Waals surface area (Å²) >= 11 is 0. The minimum Gasteiger partial charge on any atom is -0.370 e. The van der Waals surface area contributed by atoms with Crippen molar-refractivity contribution in [2.24, 2.45) is 5.73 Å². The third-order valence-electron chi connectivity index (χ3n) is 4.75. The SMILES string of the molecule is NC(=O)c1ccc(N2CCCC2)c(NC(=O)c2cc3ccccc3[nH]2)c1. The van der Waals surface area contributed by atoms with Crippen LogP contribution in [0.4, 0.5) is 11.4 Å². The normalized spacial score (nSPS) is 13.9. The number of carbonyl (C=O) groups is 2. The number of hydrogen-bond acceptors (Lipinski definition) is 3. The van der Waals surface area contributed by atoms with Crippen LogP contribution < -0.4 is 16.0 Å². The first-order valence-corrected chi connectivity index (χ1v) is 8.70. The highest BCUT2D eigenvalue weighted by Crippen LogP contribution is 2.30. The van der Waals surface area contributed by atoms with E-state index in [0.717, 1.165) is 42.5 Å². The molecule has 0 spiro atoms. The Morgan fingerprint density at radius 3 is 2.54 bits per heavy atom. The van der Waals surface area contributed by atoms with E-state index in [9.17, 15) is 9.59 Å². The van der Waals surface area contributed by atoms with E-state index in [0.29, 0.717) is 16.9 Å². The van der Waals surface area contributed by atoms with Gasteiger partial charge in [0.1, 0.15) is 5.69 Å². The Kier molecular flexibility index (Phi) is 4.08. The lowest BCUT2D eigenvalue weighted by Gasteiger charge is -2.22. The number of hydrogen-bond donors (Lipinski definition) is 3. The molecule has 1 aliphatic rings. The molecule has 3 aromatic rings. The topological polar surface area (TPSA) is 91.2 Å². The molecule has 2 heterocycles. The van der Waals surface area contributed by atoms with E-state index in [2.05, 4.69) is 15.2 Å². The van der Waals surface area contributed by atoms with Gasteiger partial charge in [0.05, 0.1) is 11.4 Å². The molecule has 1 fully saturated rings. The Morgan fingerprint density at radius 1 is 1.04 bits per heavy atom. The number of carbonyl (C=O) groups excluding carboxylic acids is 2. The highest BCUT2D eigenvalue weighted by Gasteiger charge is 2.19. The average Bonchev–Trinajstić information content (AvgIpc) is 3.31. The maximum atomic E-state index is 12.8. The van der Waals surface area contributed by atoms with Gasteiger partial charge in [-0.3, -0.25) is 9.59 Å². The van der Waals surface area contributed by atoms with Gasteiger partial charge in [-0.05, 0) is 43.2 Å². The predicted octanol–water partition coefficient (Wildman–Crippen LogP) is 3.12. The number of nitrogens with zero attached hydrogens (tertiary/aromatic N) is 1. The van der Waals surface area contributed by atoms with Crippen LogP contribution in [0.15, 0.2) is 48.5 Å². The van der Waals surface area contributed by atoms with Gasteiger partial charge in [-0.1, -0.05) is 18.2 Å². The summed E-state index contributed by atoms with van der Waals surface area (Å²) in [5.41, 5.74) is 8.68. The summed E-state index contributed by atoms with van der Waals surface area (Å²) in [5, 5.41) is 3.92. The van der Waals surface area contributed by atoms with Crippen molar-refractivity contribution in [3.63, 3.8) is 0 Å². The zero-order chi connectivity index (χ0) is 18.1. The number of nitrogens with two attached hydrogens (primary N) is 1. The smallest absolute Gasteiger partial charge is 0.272 e. The number of rotatable bonds is 4. The Hall–Kier alpha value is -3.28. The Morgan fingerprint density at radius 2 is 1.81 bits per heavy atom. The number of fused-ring (bicyclic) bond motifs is 1. The van der Waals surface area contributed by atoms with Gasteiger partial charge in [0.2, 0.25) is 5.91 Å². The van der Waals surface area contributed by atoms with Gasteiger partial charge in [0.25, 0.3) is 5.91 Å². The molecule has 4 rings (SSSR count). The van der Waals surface area contributed by atoms with E-state index in [4.69, 9.17) is 5.73 Å². The summed E-state index contributed by atoms with van der Waals surface area (Å²) < 4.78 is 0. The van der Waals surface area contributed by atoms with Crippen molar-refractivity contribution >= 4 is 34.1 Å². The summed E-state index contributed by atoms with van der Waals surface area (Å²) in [7, 11) is 0. The Balaban J connectivity index is 1.67. The lowest BCUT2D eigenvalue weighted by molar-refractivity contribution is 0.0995. The van der Waals surface area contributed by atoms with Crippen molar-refractivity contribution < 1.29 is 9.59 Å². The molecular weight excluding hydrogens is 328 g/mol. The standard InChI is InChI=1S/C20H20N4O2/c21-19(25)14-7-8-18(24-9-3-4-10-24)16(12-14)23-20(26)17-11-13-5-1-2-6-15(13)22-17/h1-2,5-8,11-12,22H,3-4,9-10H2,(H2,21,25)(H,23,26). The van der Waals surface area contributed by atoms with Gasteiger partial charge < -0.3 is 20.9 Å². The minimum absolute atomic E-state index is 0.247. The van der Waals surface area contributed by atoms with Gasteiger partial charge >= 0.3 is 0 Å². The molecule has 0 bridgehead atoms. The van der Waals surface area contributed by atoms with Crippen molar-refractivity contribution in [3.8, 4) is 0 Å². The fourth-order valence-corrected chi connectivity index (χ4v) is 3.41. The van der Waals surface area contributed by atoms with Crippen LogP contribution in [0.2, 0.25) is 0 Å². The van der Waals surface area contributed by atoms with Crippen molar-refractivity contribution in [2.75, 3.05) is 23.3 Å². The van der Waals surface area contributed by atoms with Crippen LogP contribution in [0, 0.1) is 0 Å². The summed E-state index contributed by atoms with van der Waals surface area (Å²) in [6.45, 7) is 1.87. The van der Waals surface area contributed by atoms with Crippen molar-refractivity contribution in [1.29, 1.82) is 0 Å². The molecule has 6 nitrogen and oxygen atoms in total. The number of para-hydroxylation sites is 1. The monoisotopic (exact) mass is 348 g/mol. The molecule has 4 N–H and O–H groups in total. The molecule has 6 heteroatoms. The molecule has 0 unspecified atom stereocenters. The van der Waals surface area contributed by atoms with E-state index in [1.807, 2.05) is 36.4 Å². The van der Waals surface area contributed by atoms with E-state index in [-0.39, 0.29) is 5.91 Å². The van der Waals surface area contributed by atoms with E-state index in [1.54, 1.807) is 12.1 Å². The van der Waals surface area contributed by atoms with Gasteiger partial charge in [-0.2, -0.15) is 0 Å². The first-order chi connectivity index (χ1) is 12.6. The minimum atomic E-state index is -0.515. The van der Waals surface area contributed by atoms with Crippen LogP contribution in [0.1, 0.15) is 33.7 Å². The number of H-pyrrole nitrogens is 1. The predicted molar refractivity (Wildman–Crippen MR) is 103 cm³/mol. The quantitative estimate of drug-likeness (QED) is 0.676. The number of aromatic amines is 1. The molecule has 1 aromatic heterocycles. The second kappa shape index (κ2) is 6.55. The Bertz CT molecular complexity index is 953. The molecule has 26 heavy (non-hydrogen) atoms. The summed E-state index contributed by atoms with van der Waals surface area (Å²) in [5.74, 6) is -0.762. The van der Waals surface area contributed by atoms with Crippen molar-refractivity contribution in [2.45, 2.75) is 12.8 Å². The third-order valence-corrected chi connectivity index (χ3v) is 4.75. The fourth-order valence-electron chi connectivity index (χ4n) is 3.41. The van der Waals surface area contributed by atoms with Gasteiger partial charge in [-0.25, -0.2) is 0 Å². The molecule has 0 aliphatic carbocycles. The number of amides is 2. The number of primary amides is 1. The molecule has 1 saturated heterocycles. The zero-order valence-corrected chi connectivity index (χ0v) is 14.3. The third kappa shape index (κ3) is 3.01. The van der Waals surface area contributed by atoms with Crippen LogP contribution in [-0.4, -0.2) is 29.9 Å². The first-order valence-electron chi connectivity index (χ1n) is 8.70. The molecule has 1 aliphatic heterocycles. The largest absolute Gasteiger partial charge is 0.370 e. The molecular formula is C20H20N4O2. The maximum Gasteiger partial charge on any atom is 0.272 e. The van der Waals surface area contributed by atoms with E-state index < -0.39 is 5.91 Å². The number of benzene rings is 2. The van der Waals surface area contributed by atoms with Gasteiger partial charge in [0.15, 0.2) is 0 Å². The molecule has 0 saturated carbocycles. The molecule has 2 amide bonds. The van der Waals surface area contributed by atoms with Crippen LogP contribution >= 0.6 is 0 Å². The lowest BCUT2D eigenvalue weighted by Crippen LogP contribution is -2.22. The van der Waals surface area contributed by atoms with Crippen LogP contribution in [0.3, 0.4) is 0 Å². The molecule has 0 atom stereocenters. The summed E-state index contributed by atoms with van der Waals surface area (Å²) in [4.78, 5) is 29.6. The Labute approximate surface area is 151 Å². The maximum absolute atomic E-state index is 12.8. The highest BCUT2D eigenvalue weighted by molar-refractivity contribution is 6.08. The number of aromatic nitrogens is 1. The van der Waals surface area contributed by atoms with Crippen molar-refractivity contribution in [1.82, 2.24) is 4.98 Å². The first kappa shape index (κ1) is 16.2. The lowest BCUT2D eigenvalue weighted by atomic mass is 10.1. The van der Waals surface area contributed by atoms with Crippen molar-refractivity contribution in [3.05, 3.63) is 59.8 Å². The zero-order valence-electron chi connectivity index (χ0n) is 14.3. The van der Waals surface area contributed by atoms with E-state index in [1.165, 1.54) is 0 Å².